The van der Waals surface area contributed by atoms with E-state index in [1.165, 1.54) is 0 Å². The molecule has 2 rings (SSSR count). The first-order valence-corrected chi connectivity index (χ1v) is 9.18. The molecule has 0 aliphatic carbocycles. The van der Waals surface area contributed by atoms with Crippen LogP contribution in [0.2, 0.25) is 0 Å². The summed E-state index contributed by atoms with van der Waals surface area (Å²) in [5, 5.41) is -0.928. The predicted molar refractivity (Wildman–Crippen MR) is 102 cm³/mol. The minimum Gasteiger partial charge on any atom is -0.465 e. The SMILES string of the molecule is CCOC(=O)C(C(=O)c1ccc(F)cc1F)C(C)C.O=C(Cl)c1ccc(F)cc1F. The van der Waals surface area contributed by atoms with E-state index in [4.69, 9.17) is 16.3 Å². The van der Waals surface area contributed by atoms with Crippen LogP contribution in [0.5, 0.6) is 0 Å². The normalized spacial score (nSPS) is 11.4. The fourth-order valence-electron chi connectivity index (χ4n) is 2.42. The fraction of sp³-hybridized carbons (Fsp3) is 0.286. The first kappa shape index (κ1) is 25.3. The van der Waals surface area contributed by atoms with Gasteiger partial charge in [-0.3, -0.25) is 14.4 Å². The Hall–Kier alpha value is -2.74. The molecule has 0 radical (unpaired) electrons. The van der Waals surface area contributed by atoms with Crippen molar-refractivity contribution in [2.75, 3.05) is 6.61 Å². The number of hydrogen-bond donors (Lipinski definition) is 0. The molecule has 0 aliphatic heterocycles. The van der Waals surface area contributed by atoms with Crippen molar-refractivity contribution in [3.63, 3.8) is 0 Å². The first-order valence-electron chi connectivity index (χ1n) is 8.80. The Morgan fingerprint density at radius 1 is 0.900 bits per heavy atom. The third-order valence-corrected chi connectivity index (χ3v) is 4.03. The smallest absolute Gasteiger partial charge is 0.317 e. The summed E-state index contributed by atoms with van der Waals surface area (Å²) in [7, 11) is 0. The van der Waals surface area contributed by atoms with Gasteiger partial charge in [0.15, 0.2) is 5.78 Å². The maximum Gasteiger partial charge on any atom is 0.317 e. The van der Waals surface area contributed by atoms with E-state index in [0.717, 1.165) is 24.3 Å². The van der Waals surface area contributed by atoms with E-state index in [0.29, 0.717) is 12.1 Å². The van der Waals surface area contributed by atoms with Crippen LogP contribution in [0.4, 0.5) is 17.6 Å². The third-order valence-electron chi connectivity index (χ3n) is 3.83. The van der Waals surface area contributed by atoms with Crippen molar-refractivity contribution >= 4 is 28.6 Å². The summed E-state index contributed by atoms with van der Waals surface area (Å²) in [5.74, 6) is -6.21. The number of Topliss-reactive ketones (excluding diaryl/α,β-unsaturated/α-hetero) is 1. The fourth-order valence-corrected chi connectivity index (χ4v) is 2.57. The van der Waals surface area contributed by atoms with Gasteiger partial charge in [-0.05, 0) is 48.7 Å². The summed E-state index contributed by atoms with van der Waals surface area (Å²) < 4.78 is 56.0. The molecule has 0 spiro atoms. The minimum atomic E-state index is -1.08. The largest absolute Gasteiger partial charge is 0.465 e. The van der Waals surface area contributed by atoms with Crippen LogP contribution in [0.1, 0.15) is 41.5 Å². The predicted octanol–water partition coefficient (Wildman–Crippen LogP) is 5.33. The summed E-state index contributed by atoms with van der Waals surface area (Å²) >= 11 is 4.96. The lowest BCUT2D eigenvalue weighted by Crippen LogP contribution is -2.31. The summed E-state index contributed by atoms with van der Waals surface area (Å²) in [4.78, 5) is 34.3. The van der Waals surface area contributed by atoms with Crippen LogP contribution in [-0.4, -0.2) is 23.6 Å². The van der Waals surface area contributed by atoms with Gasteiger partial charge in [0.1, 0.15) is 29.2 Å². The molecule has 2 aromatic rings. The van der Waals surface area contributed by atoms with Crippen LogP contribution in [0.3, 0.4) is 0 Å². The van der Waals surface area contributed by atoms with Crippen molar-refractivity contribution in [1.82, 2.24) is 0 Å². The molecule has 9 heteroatoms. The number of ether oxygens (including phenoxy) is 1. The molecular formula is C21H19ClF4O4. The molecule has 0 heterocycles. The number of halogens is 5. The molecule has 0 aromatic heterocycles. The van der Waals surface area contributed by atoms with Gasteiger partial charge < -0.3 is 4.74 Å². The highest BCUT2D eigenvalue weighted by Crippen LogP contribution is 2.21. The molecule has 0 N–H and O–H groups in total. The molecule has 1 atom stereocenters. The van der Waals surface area contributed by atoms with Crippen molar-refractivity contribution in [2.45, 2.75) is 20.8 Å². The zero-order valence-corrected chi connectivity index (χ0v) is 17.1. The number of rotatable bonds is 6. The second-order valence-corrected chi connectivity index (χ2v) is 6.70. The highest BCUT2D eigenvalue weighted by molar-refractivity contribution is 6.67. The van der Waals surface area contributed by atoms with Crippen LogP contribution in [-0.2, 0) is 9.53 Å². The highest BCUT2D eigenvalue weighted by atomic mass is 35.5. The molecule has 0 saturated heterocycles. The average Bonchev–Trinajstić information content (AvgIpc) is 2.61. The lowest BCUT2D eigenvalue weighted by Gasteiger charge is -2.18. The quantitative estimate of drug-likeness (QED) is 0.198. The number of carbonyl (C=O) groups is 3. The second-order valence-electron chi connectivity index (χ2n) is 6.36. The van der Waals surface area contributed by atoms with E-state index in [2.05, 4.69) is 0 Å². The molecule has 0 bridgehead atoms. The van der Waals surface area contributed by atoms with Gasteiger partial charge >= 0.3 is 5.97 Å². The van der Waals surface area contributed by atoms with E-state index in [-0.39, 0.29) is 23.7 Å². The number of hydrogen-bond acceptors (Lipinski definition) is 4. The molecule has 0 saturated carbocycles. The Morgan fingerprint density at radius 2 is 1.37 bits per heavy atom. The number of ketones is 1. The summed E-state index contributed by atoms with van der Waals surface area (Å²) in [6.45, 7) is 5.10. The van der Waals surface area contributed by atoms with Crippen molar-refractivity contribution < 1.29 is 36.7 Å². The van der Waals surface area contributed by atoms with Crippen LogP contribution >= 0.6 is 11.6 Å². The summed E-state index contributed by atoms with van der Waals surface area (Å²) in [5.41, 5.74) is -0.610. The Labute approximate surface area is 175 Å². The zero-order chi connectivity index (χ0) is 23.0. The standard InChI is InChI=1S/C14H16F2O3.C7H3ClF2O/c1-4-19-14(18)12(8(2)3)13(17)10-6-5-9(15)7-11(10)16;8-7(11)5-2-1-4(9)3-6(5)10/h5-8,12H,4H2,1-3H3;1-3H. The van der Waals surface area contributed by atoms with Gasteiger partial charge in [-0.15, -0.1) is 0 Å². The van der Waals surface area contributed by atoms with Crippen molar-refractivity contribution in [3.8, 4) is 0 Å². The van der Waals surface area contributed by atoms with Crippen molar-refractivity contribution in [1.29, 1.82) is 0 Å². The van der Waals surface area contributed by atoms with E-state index in [9.17, 15) is 31.9 Å². The molecule has 0 fully saturated rings. The molecule has 30 heavy (non-hydrogen) atoms. The Bertz CT molecular complexity index is 931. The molecule has 2 aromatic carbocycles. The Morgan fingerprint density at radius 3 is 1.73 bits per heavy atom. The summed E-state index contributed by atoms with van der Waals surface area (Å²) in [6, 6.07) is 5.23. The molecule has 1 unspecified atom stereocenters. The van der Waals surface area contributed by atoms with E-state index < -0.39 is 46.2 Å². The third kappa shape index (κ3) is 6.95. The van der Waals surface area contributed by atoms with Crippen LogP contribution in [0.15, 0.2) is 36.4 Å². The molecule has 0 amide bonds. The van der Waals surface area contributed by atoms with Gasteiger partial charge in [-0.25, -0.2) is 17.6 Å². The minimum absolute atomic E-state index is 0.140. The van der Waals surface area contributed by atoms with Gasteiger partial charge in [0.05, 0.1) is 17.7 Å². The monoisotopic (exact) mass is 446 g/mol. The van der Waals surface area contributed by atoms with Crippen molar-refractivity contribution in [3.05, 3.63) is 70.8 Å². The maximum atomic E-state index is 13.6. The molecule has 162 valence electrons. The summed E-state index contributed by atoms with van der Waals surface area (Å²) in [6.07, 6.45) is 0. The lowest BCUT2D eigenvalue weighted by atomic mass is 9.88. The number of esters is 1. The number of benzene rings is 2. The topological polar surface area (TPSA) is 60.4 Å². The van der Waals surface area contributed by atoms with Gasteiger partial charge in [-0.2, -0.15) is 0 Å². The lowest BCUT2D eigenvalue weighted by molar-refractivity contribution is -0.147. The second kappa shape index (κ2) is 11.4. The van der Waals surface area contributed by atoms with E-state index in [1.54, 1.807) is 20.8 Å². The van der Waals surface area contributed by atoms with Gasteiger partial charge in [0.25, 0.3) is 5.24 Å². The molecular weight excluding hydrogens is 428 g/mol. The van der Waals surface area contributed by atoms with E-state index in [1.807, 2.05) is 0 Å². The van der Waals surface area contributed by atoms with Crippen LogP contribution in [0, 0.1) is 35.1 Å². The Kier molecular flexibility index (Phi) is 9.65. The van der Waals surface area contributed by atoms with Crippen LogP contribution in [0.25, 0.3) is 0 Å². The van der Waals surface area contributed by atoms with Crippen LogP contribution < -0.4 is 0 Å². The maximum absolute atomic E-state index is 13.6. The average molecular weight is 447 g/mol. The van der Waals surface area contributed by atoms with Gasteiger partial charge in [0.2, 0.25) is 0 Å². The first-order chi connectivity index (χ1) is 14.0. The molecule has 4 nitrogen and oxygen atoms in total. The van der Waals surface area contributed by atoms with Gasteiger partial charge in [-0.1, -0.05) is 13.8 Å². The zero-order valence-electron chi connectivity index (χ0n) is 16.3. The molecule has 0 aliphatic rings. The van der Waals surface area contributed by atoms with E-state index >= 15 is 0 Å². The Balaban J connectivity index is 0.000000346. The van der Waals surface area contributed by atoms with Gasteiger partial charge in [0, 0.05) is 12.1 Å². The van der Waals surface area contributed by atoms with Crippen molar-refractivity contribution in [2.24, 2.45) is 11.8 Å². The number of carbonyl (C=O) groups excluding carboxylic acids is 3. The highest BCUT2D eigenvalue weighted by Gasteiger charge is 2.33.